The van der Waals surface area contributed by atoms with E-state index < -0.39 is 0 Å². The zero-order chi connectivity index (χ0) is 19.7. The van der Waals surface area contributed by atoms with E-state index >= 15 is 0 Å². The van der Waals surface area contributed by atoms with Crippen molar-refractivity contribution < 1.29 is 14.3 Å². The Morgan fingerprint density at radius 3 is 2.75 bits per heavy atom. The topological polar surface area (TPSA) is 74.5 Å². The molecule has 1 aliphatic heterocycles. The number of amides is 1. The molecule has 7 nitrogen and oxygen atoms in total. The predicted molar refractivity (Wildman–Crippen MR) is 106 cm³/mol. The SMILES string of the molecule is Cn1c(=O)n(CCC(=O)NCc2cc(Cl)c3c(c2)OCCO3)c2ccccc21. The number of nitrogens with one attached hydrogen (secondary N) is 1. The molecule has 0 spiro atoms. The molecule has 0 atom stereocenters. The first-order chi connectivity index (χ1) is 13.5. The van der Waals surface area contributed by atoms with E-state index in [2.05, 4.69) is 5.32 Å². The minimum absolute atomic E-state index is 0.132. The number of aryl methyl sites for hydroxylation is 2. The summed E-state index contributed by atoms with van der Waals surface area (Å²) in [4.78, 5) is 24.7. The molecule has 0 unspecified atom stereocenters. The summed E-state index contributed by atoms with van der Waals surface area (Å²) in [6.45, 7) is 1.57. The molecule has 1 aromatic heterocycles. The third kappa shape index (κ3) is 3.45. The largest absolute Gasteiger partial charge is 0.486 e. The fourth-order valence-electron chi connectivity index (χ4n) is 3.35. The average molecular weight is 402 g/mol. The summed E-state index contributed by atoms with van der Waals surface area (Å²) in [5.41, 5.74) is 2.36. The number of hydrogen-bond acceptors (Lipinski definition) is 4. The number of para-hydroxylation sites is 2. The second kappa shape index (κ2) is 7.59. The minimum Gasteiger partial charge on any atom is -0.486 e. The summed E-state index contributed by atoms with van der Waals surface area (Å²) in [6.07, 6.45) is 0.201. The van der Waals surface area contributed by atoms with Gasteiger partial charge in [0.25, 0.3) is 0 Å². The van der Waals surface area contributed by atoms with E-state index in [4.69, 9.17) is 21.1 Å². The number of carbonyl (C=O) groups excluding carboxylic acids is 1. The van der Waals surface area contributed by atoms with Crippen molar-refractivity contribution in [3.05, 3.63) is 57.5 Å². The van der Waals surface area contributed by atoms with Crippen LogP contribution in [-0.2, 0) is 24.9 Å². The van der Waals surface area contributed by atoms with Crippen LogP contribution in [0.3, 0.4) is 0 Å². The van der Waals surface area contributed by atoms with Gasteiger partial charge in [0.15, 0.2) is 11.5 Å². The Balaban J connectivity index is 1.40. The molecular weight excluding hydrogens is 382 g/mol. The van der Waals surface area contributed by atoms with Crippen molar-refractivity contribution >= 4 is 28.5 Å². The first-order valence-electron chi connectivity index (χ1n) is 9.03. The lowest BCUT2D eigenvalue weighted by Gasteiger charge is -2.20. The number of benzene rings is 2. The molecule has 0 bridgehead atoms. The van der Waals surface area contributed by atoms with Gasteiger partial charge in [-0.2, -0.15) is 0 Å². The van der Waals surface area contributed by atoms with E-state index in [0.717, 1.165) is 16.6 Å². The normalized spacial score (nSPS) is 12.9. The zero-order valence-electron chi connectivity index (χ0n) is 15.4. The van der Waals surface area contributed by atoms with Crippen LogP contribution in [0.15, 0.2) is 41.2 Å². The monoisotopic (exact) mass is 401 g/mol. The Bertz CT molecular complexity index is 1100. The molecule has 0 fully saturated rings. The Morgan fingerprint density at radius 2 is 1.93 bits per heavy atom. The predicted octanol–water partition coefficient (Wildman–Crippen LogP) is 2.47. The maximum atomic E-state index is 12.4. The van der Waals surface area contributed by atoms with Crippen molar-refractivity contribution in [2.75, 3.05) is 13.2 Å². The fourth-order valence-corrected chi connectivity index (χ4v) is 3.64. The molecule has 0 saturated heterocycles. The van der Waals surface area contributed by atoms with Crippen LogP contribution in [-0.4, -0.2) is 28.3 Å². The first kappa shape index (κ1) is 18.4. The number of hydrogen-bond donors (Lipinski definition) is 1. The second-order valence-electron chi connectivity index (χ2n) is 6.61. The molecule has 1 amide bonds. The lowest BCUT2D eigenvalue weighted by molar-refractivity contribution is -0.121. The number of halogens is 1. The number of imidazole rings is 1. The summed E-state index contributed by atoms with van der Waals surface area (Å²) in [7, 11) is 1.73. The van der Waals surface area contributed by atoms with E-state index in [1.165, 1.54) is 0 Å². The van der Waals surface area contributed by atoms with Gasteiger partial charge < -0.3 is 14.8 Å². The third-order valence-electron chi connectivity index (χ3n) is 4.76. The van der Waals surface area contributed by atoms with Gasteiger partial charge in [0.2, 0.25) is 5.91 Å². The Hall–Kier alpha value is -2.93. The number of carbonyl (C=O) groups is 1. The van der Waals surface area contributed by atoms with Gasteiger partial charge in [0.05, 0.1) is 16.1 Å². The molecule has 1 N–H and O–H groups in total. The highest BCUT2D eigenvalue weighted by atomic mass is 35.5. The number of ether oxygens (including phenoxy) is 2. The van der Waals surface area contributed by atoms with Gasteiger partial charge in [-0.1, -0.05) is 23.7 Å². The molecule has 8 heteroatoms. The molecule has 3 aromatic rings. The Kier molecular flexibility index (Phi) is 5.00. The van der Waals surface area contributed by atoms with Gasteiger partial charge in [0, 0.05) is 26.6 Å². The van der Waals surface area contributed by atoms with Crippen LogP contribution in [0.2, 0.25) is 5.02 Å². The van der Waals surface area contributed by atoms with E-state index in [9.17, 15) is 9.59 Å². The van der Waals surface area contributed by atoms with Crippen LogP contribution < -0.4 is 20.5 Å². The maximum Gasteiger partial charge on any atom is 0.328 e. The van der Waals surface area contributed by atoms with Gasteiger partial charge >= 0.3 is 5.69 Å². The molecule has 0 saturated carbocycles. The first-order valence-corrected chi connectivity index (χ1v) is 9.41. The van der Waals surface area contributed by atoms with Gasteiger partial charge in [-0.05, 0) is 29.8 Å². The summed E-state index contributed by atoms with van der Waals surface area (Å²) < 4.78 is 14.3. The zero-order valence-corrected chi connectivity index (χ0v) is 16.2. The van der Waals surface area contributed by atoms with Crippen LogP contribution in [0.25, 0.3) is 11.0 Å². The van der Waals surface area contributed by atoms with Crippen molar-refractivity contribution in [2.45, 2.75) is 19.5 Å². The smallest absolute Gasteiger partial charge is 0.328 e. The lowest BCUT2D eigenvalue weighted by Crippen LogP contribution is -2.27. The Morgan fingerprint density at radius 1 is 1.18 bits per heavy atom. The minimum atomic E-state index is -0.147. The van der Waals surface area contributed by atoms with Crippen molar-refractivity contribution in [3.8, 4) is 11.5 Å². The van der Waals surface area contributed by atoms with E-state index in [-0.39, 0.29) is 18.0 Å². The molecule has 1 aliphatic rings. The van der Waals surface area contributed by atoms with Crippen molar-refractivity contribution in [2.24, 2.45) is 7.05 Å². The summed E-state index contributed by atoms with van der Waals surface area (Å²) >= 11 is 6.22. The van der Waals surface area contributed by atoms with Crippen LogP contribution >= 0.6 is 11.6 Å². The maximum absolute atomic E-state index is 12.4. The van der Waals surface area contributed by atoms with Crippen LogP contribution in [0.4, 0.5) is 0 Å². The Labute approximate surface area is 166 Å². The highest BCUT2D eigenvalue weighted by Crippen LogP contribution is 2.38. The van der Waals surface area contributed by atoms with Crippen LogP contribution in [0, 0.1) is 0 Å². The van der Waals surface area contributed by atoms with E-state index in [0.29, 0.717) is 42.8 Å². The van der Waals surface area contributed by atoms with Crippen molar-refractivity contribution in [1.29, 1.82) is 0 Å². The molecule has 4 rings (SSSR count). The number of rotatable bonds is 5. The number of aromatic nitrogens is 2. The molecule has 2 heterocycles. The summed E-state index contributed by atoms with van der Waals surface area (Å²) in [5.74, 6) is 0.981. The van der Waals surface area contributed by atoms with Gasteiger partial charge in [0.1, 0.15) is 13.2 Å². The molecular formula is C20H20ClN3O4. The highest BCUT2D eigenvalue weighted by molar-refractivity contribution is 6.32. The molecule has 0 aliphatic carbocycles. The van der Waals surface area contributed by atoms with Crippen LogP contribution in [0.1, 0.15) is 12.0 Å². The van der Waals surface area contributed by atoms with Gasteiger partial charge in [-0.15, -0.1) is 0 Å². The molecule has 146 valence electrons. The number of nitrogens with zero attached hydrogens (tertiary/aromatic N) is 2. The fraction of sp³-hybridized carbons (Fsp3) is 0.300. The second-order valence-corrected chi connectivity index (χ2v) is 7.02. The van der Waals surface area contributed by atoms with E-state index in [1.807, 2.05) is 30.3 Å². The van der Waals surface area contributed by atoms with Gasteiger partial charge in [-0.3, -0.25) is 13.9 Å². The molecule has 2 aromatic carbocycles. The van der Waals surface area contributed by atoms with E-state index in [1.54, 1.807) is 22.2 Å². The lowest BCUT2D eigenvalue weighted by atomic mass is 10.2. The molecule has 0 radical (unpaired) electrons. The van der Waals surface area contributed by atoms with Crippen molar-refractivity contribution in [1.82, 2.24) is 14.5 Å². The summed E-state index contributed by atoms with van der Waals surface area (Å²) in [5, 5.41) is 3.32. The quantitative estimate of drug-likeness (QED) is 0.712. The third-order valence-corrected chi connectivity index (χ3v) is 5.04. The highest BCUT2D eigenvalue weighted by Gasteiger charge is 2.17. The molecule has 28 heavy (non-hydrogen) atoms. The number of fused-ring (bicyclic) bond motifs is 2. The summed E-state index contributed by atoms with van der Waals surface area (Å²) in [6, 6.07) is 11.1. The average Bonchev–Trinajstić information content (AvgIpc) is 2.95. The van der Waals surface area contributed by atoms with Crippen molar-refractivity contribution in [3.63, 3.8) is 0 Å². The standard InChI is InChI=1S/C20H20ClN3O4/c1-23-15-4-2-3-5-16(15)24(20(23)26)7-6-18(25)22-12-13-10-14(21)19-17(11-13)27-8-9-28-19/h2-5,10-11H,6-9,12H2,1H3,(H,22,25). The van der Waals surface area contributed by atoms with Crippen LogP contribution in [0.5, 0.6) is 11.5 Å². The van der Waals surface area contributed by atoms with Gasteiger partial charge in [-0.25, -0.2) is 4.79 Å².